The Morgan fingerprint density at radius 1 is 0.737 bits per heavy atom. The molecule has 0 heterocycles. The Labute approximate surface area is 122 Å². The molecule has 2 aromatic rings. The molecule has 0 unspecified atom stereocenters. The largest absolute Gasteiger partial charge is 0.326 e. The SMILES string of the molecule is NCc1ccccc1SOSc1ccccc1CN. The second-order valence-electron chi connectivity index (χ2n) is 3.86. The van der Waals surface area contributed by atoms with Crippen LogP contribution >= 0.6 is 24.1 Å². The van der Waals surface area contributed by atoms with Crippen molar-refractivity contribution < 1.29 is 3.63 Å². The summed E-state index contributed by atoms with van der Waals surface area (Å²) in [6.45, 7) is 1.02. The molecular weight excluding hydrogens is 276 g/mol. The van der Waals surface area contributed by atoms with E-state index >= 15 is 0 Å². The molecule has 0 fully saturated rings. The van der Waals surface area contributed by atoms with E-state index in [9.17, 15) is 0 Å². The first kappa shape index (κ1) is 14.4. The van der Waals surface area contributed by atoms with E-state index in [2.05, 4.69) is 0 Å². The number of rotatable bonds is 6. The number of benzene rings is 2. The van der Waals surface area contributed by atoms with Gasteiger partial charge in [-0.1, -0.05) is 36.4 Å². The van der Waals surface area contributed by atoms with Gasteiger partial charge in [0.2, 0.25) is 0 Å². The van der Waals surface area contributed by atoms with Gasteiger partial charge in [-0.15, -0.1) is 0 Å². The van der Waals surface area contributed by atoms with Gasteiger partial charge in [-0.25, -0.2) is 3.63 Å². The van der Waals surface area contributed by atoms with Crippen molar-refractivity contribution in [3.63, 3.8) is 0 Å². The zero-order valence-corrected chi connectivity index (χ0v) is 12.0. The standard InChI is InChI=1S/C14H16N2OS2/c15-9-11-5-1-3-7-13(11)18-17-19-14-8-4-2-6-12(14)10-16/h1-8H,9-10,15-16H2. The van der Waals surface area contributed by atoms with Crippen LogP contribution in [0.15, 0.2) is 58.3 Å². The lowest BCUT2D eigenvalue weighted by atomic mass is 10.2. The Morgan fingerprint density at radius 2 is 1.16 bits per heavy atom. The van der Waals surface area contributed by atoms with Gasteiger partial charge in [0.1, 0.15) is 0 Å². The first-order chi connectivity index (χ1) is 9.35. The van der Waals surface area contributed by atoms with Gasteiger partial charge < -0.3 is 11.5 Å². The zero-order valence-electron chi connectivity index (χ0n) is 10.4. The van der Waals surface area contributed by atoms with Crippen LogP contribution in [0.25, 0.3) is 0 Å². The molecule has 0 saturated heterocycles. The highest BCUT2D eigenvalue weighted by atomic mass is 32.2. The molecule has 100 valence electrons. The smallest absolute Gasteiger partial charge is 0.0451 e. The Morgan fingerprint density at radius 3 is 1.58 bits per heavy atom. The third kappa shape index (κ3) is 3.99. The topological polar surface area (TPSA) is 61.3 Å². The van der Waals surface area contributed by atoms with Crippen LogP contribution in [0.1, 0.15) is 11.1 Å². The minimum atomic E-state index is 0.511. The summed E-state index contributed by atoms with van der Waals surface area (Å²) in [5.74, 6) is 0. The molecule has 2 aromatic carbocycles. The average Bonchev–Trinajstić information content (AvgIpc) is 2.48. The van der Waals surface area contributed by atoms with Crippen molar-refractivity contribution >= 4 is 24.1 Å². The van der Waals surface area contributed by atoms with Crippen molar-refractivity contribution in [2.75, 3.05) is 0 Å². The summed E-state index contributed by atoms with van der Waals surface area (Å²) >= 11 is 2.66. The van der Waals surface area contributed by atoms with Crippen LogP contribution in [0.4, 0.5) is 0 Å². The molecule has 0 aromatic heterocycles. The number of nitrogens with two attached hydrogens (primary N) is 2. The zero-order chi connectivity index (χ0) is 13.5. The fourth-order valence-electron chi connectivity index (χ4n) is 1.60. The Hall–Kier alpha value is -0.980. The van der Waals surface area contributed by atoms with Gasteiger partial charge in [0.15, 0.2) is 0 Å². The van der Waals surface area contributed by atoms with E-state index in [4.69, 9.17) is 15.1 Å². The minimum Gasteiger partial charge on any atom is -0.326 e. The molecule has 2 rings (SSSR count). The molecule has 0 atom stereocenters. The van der Waals surface area contributed by atoms with Crippen molar-refractivity contribution in [2.45, 2.75) is 22.9 Å². The molecule has 0 saturated carbocycles. The first-order valence-electron chi connectivity index (χ1n) is 5.92. The second kappa shape index (κ2) is 7.57. The summed E-state index contributed by atoms with van der Waals surface area (Å²) in [5.41, 5.74) is 13.5. The number of hydrogen-bond donors (Lipinski definition) is 2. The molecule has 19 heavy (non-hydrogen) atoms. The Balaban J connectivity index is 1.96. The molecule has 0 spiro atoms. The van der Waals surface area contributed by atoms with Gasteiger partial charge in [0.25, 0.3) is 0 Å². The van der Waals surface area contributed by atoms with Gasteiger partial charge in [-0.05, 0) is 23.3 Å². The van der Waals surface area contributed by atoms with E-state index in [0.29, 0.717) is 13.1 Å². The van der Waals surface area contributed by atoms with Gasteiger partial charge in [-0.3, -0.25) is 0 Å². The molecular formula is C14H16N2OS2. The molecule has 0 radical (unpaired) electrons. The highest BCUT2D eigenvalue weighted by Crippen LogP contribution is 2.32. The maximum Gasteiger partial charge on any atom is 0.0451 e. The van der Waals surface area contributed by atoms with E-state index in [1.54, 1.807) is 0 Å². The van der Waals surface area contributed by atoms with Crippen LogP contribution in [0.2, 0.25) is 0 Å². The van der Waals surface area contributed by atoms with Crippen molar-refractivity contribution in [3.8, 4) is 0 Å². The molecule has 0 aliphatic carbocycles. The molecule has 0 amide bonds. The van der Waals surface area contributed by atoms with Gasteiger partial charge >= 0.3 is 0 Å². The van der Waals surface area contributed by atoms with E-state index in [-0.39, 0.29) is 0 Å². The molecule has 3 nitrogen and oxygen atoms in total. The molecule has 0 bridgehead atoms. The maximum absolute atomic E-state index is 5.69. The monoisotopic (exact) mass is 292 g/mol. The quantitative estimate of drug-likeness (QED) is 0.800. The second-order valence-corrected chi connectivity index (χ2v) is 5.62. The van der Waals surface area contributed by atoms with Crippen LogP contribution < -0.4 is 11.5 Å². The highest BCUT2D eigenvalue weighted by Gasteiger charge is 2.05. The van der Waals surface area contributed by atoms with Crippen molar-refractivity contribution in [2.24, 2.45) is 11.5 Å². The average molecular weight is 292 g/mol. The third-order valence-electron chi connectivity index (χ3n) is 2.63. The molecule has 5 heteroatoms. The lowest BCUT2D eigenvalue weighted by Crippen LogP contribution is -1.98. The lowest BCUT2D eigenvalue weighted by Gasteiger charge is -2.08. The van der Waals surface area contributed by atoms with Crippen LogP contribution in [-0.2, 0) is 16.7 Å². The third-order valence-corrected chi connectivity index (χ3v) is 4.33. The molecule has 4 N–H and O–H groups in total. The van der Waals surface area contributed by atoms with E-state index in [1.807, 2.05) is 48.5 Å². The summed E-state index contributed by atoms with van der Waals surface area (Å²) in [7, 11) is 0. The van der Waals surface area contributed by atoms with Crippen molar-refractivity contribution in [3.05, 3.63) is 59.7 Å². The summed E-state index contributed by atoms with van der Waals surface area (Å²) in [4.78, 5) is 2.09. The maximum atomic E-state index is 5.69. The number of hydrogen-bond acceptors (Lipinski definition) is 5. The molecule has 0 aliphatic heterocycles. The van der Waals surface area contributed by atoms with Crippen LogP contribution in [0, 0.1) is 0 Å². The molecule has 0 aliphatic rings. The van der Waals surface area contributed by atoms with Crippen LogP contribution in [-0.4, -0.2) is 0 Å². The van der Waals surface area contributed by atoms with Crippen molar-refractivity contribution in [1.29, 1.82) is 0 Å². The summed E-state index contributed by atoms with van der Waals surface area (Å²) in [6, 6.07) is 15.9. The normalized spacial score (nSPS) is 10.6. The fourth-order valence-corrected chi connectivity index (χ4v) is 3.11. The Bertz CT molecular complexity index is 487. The van der Waals surface area contributed by atoms with Crippen molar-refractivity contribution in [1.82, 2.24) is 0 Å². The van der Waals surface area contributed by atoms with Gasteiger partial charge in [0.05, 0.1) is 0 Å². The van der Waals surface area contributed by atoms with Gasteiger partial charge in [-0.2, -0.15) is 0 Å². The van der Waals surface area contributed by atoms with Crippen LogP contribution in [0.3, 0.4) is 0 Å². The van der Waals surface area contributed by atoms with E-state index in [1.165, 1.54) is 24.1 Å². The van der Waals surface area contributed by atoms with Crippen LogP contribution in [0.5, 0.6) is 0 Å². The predicted octanol–water partition coefficient (Wildman–Crippen LogP) is 3.34. The predicted molar refractivity (Wildman–Crippen MR) is 81.5 cm³/mol. The summed E-state index contributed by atoms with van der Waals surface area (Å²) in [6.07, 6.45) is 0. The van der Waals surface area contributed by atoms with E-state index < -0.39 is 0 Å². The first-order valence-corrected chi connectivity index (χ1v) is 7.40. The van der Waals surface area contributed by atoms with E-state index in [0.717, 1.165) is 20.9 Å². The summed E-state index contributed by atoms with van der Waals surface area (Å²) < 4.78 is 5.61. The highest BCUT2D eigenvalue weighted by molar-refractivity contribution is 8.08. The Kier molecular flexibility index (Phi) is 5.75. The minimum absolute atomic E-state index is 0.511. The summed E-state index contributed by atoms with van der Waals surface area (Å²) in [5, 5.41) is 0. The fraction of sp³-hybridized carbons (Fsp3) is 0.143. The lowest BCUT2D eigenvalue weighted by molar-refractivity contribution is 0.752. The van der Waals surface area contributed by atoms with Gasteiger partial charge in [0, 0.05) is 47.0 Å².